The van der Waals surface area contributed by atoms with Gasteiger partial charge in [-0.05, 0) is 53.1 Å². The number of fused-ring (bicyclic) bond motifs is 1. The number of likely N-dealkylation sites (N-methyl/N-ethyl adjacent to an activating group) is 1. The maximum absolute atomic E-state index is 5.37. The van der Waals surface area contributed by atoms with E-state index in [9.17, 15) is 0 Å². The minimum atomic E-state index is 0.439. The summed E-state index contributed by atoms with van der Waals surface area (Å²) in [5.41, 5.74) is 6.72. The molecule has 2 nitrogen and oxygen atoms in total. The third-order valence-corrected chi connectivity index (χ3v) is 5.06. The molecule has 0 saturated heterocycles. The van der Waals surface area contributed by atoms with Gasteiger partial charge in [-0.25, -0.2) is 0 Å². The Morgan fingerprint density at radius 1 is 0.880 bits per heavy atom. The molecule has 0 unspecified atom stereocenters. The van der Waals surface area contributed by atoms with E-state index in [0.29, 0.717) is 5.92 Å². The fourth-order valence-corrected chi connectivity index (χ4v) is 3.80. The average molecular weight is 329 g/mol. The molecule has 2 heteroatoms. The van der Waals surface area contributed by atoms with Gasteiger partial charge in [-0.3, -0.25) is 0 Å². The zero-order chi connectivity index (χ0) is 17.2. The van der Waals surface area contributed by atoms with Crippen molar-refractivity contribution in [2.24, 2.45) is 0 Å². The second-order valence-corrected chi connectivity index (χ2v) is 6.81. The van der Waals surface area contributed by atoms with E-state index in [1.807, 2.05) is 12.1 Å². The summed E-state index contributed by atoms with van der Waals surface area (Å²) in [5.74, 6) is 1.34. The molecule has 3 aromatic rings. The molecule has 0 saturated carbocycles. The topological polar surface area (TPSA) is 12.5 Å². The van der Waals surface area contributed by atoms with Gasteiger partial charge in [-0.2, -0.15) is 0 Å². The molecule has 1 atom stereocenters. The molecular formula is C23H23NO. The van der Waals surface area contributed by atoms with Crippen LogP contribution < -0.4 is 4.74 Å². The quantitative estimate of drug-likeness (QED) is 0.675. The molecule has 1 aliphatic rings. The summed E-state index contributed by atoms with van der Waals surface area (Å²) in [6.45, 7) is 2.06. The summed E-state index contributed by atoms with van der Waals surface area (Å²) in [6.07, 6.45) is 0. The number of benzene rings is 3. The minimum Gasteiger partial charge on any atom is -0.497 e. The third kappa shape index (κ3) is 3.18. The summed E-state index contributed by atoms with van der Waals surface area (Å²) in [7, 11) is 3.92. The van der Waals surface area contributed by atoms with Crippen LogP contribution in [0.25, 0.3) is 11.1 Å². The second kappa shape index (κ2) is 6.73. The monoisotopic (exact) mass is 329 g/mol. The van der Waals surface area contributed by atoms with Gasteiger partial charge in [-0.15, -0.1) is 0 Å². The van der Waals surface area contributed by atoms with Crippen molar-refractivity contribution in [2.75, 3.05) is 20.7 Å². The summed E-state index contributed by atoms with van der Waals surface area (Å²) < 4.78 is 5.37. The lowest BCUT2D eigenvalue weighted by Crippen LogP contribution is -2.30. The Bertz CT molecular complexity index is 872. The molecule has 25 heavy (non-hydrogen) atoms. The Morgan fingerprint density at radius 2 is 1.68 bits per heavy atom. The molecule has 1 aliphatic heterocycles. The fraction of sp³-hybridized carbons (Fsp3) is 0.217. The number of methoxy groups -OCH3 is 1. The normalized spacial score (nSPS) is 17.1. The van der Waals surface area contributed by atoms with Crippen LogP contribution in [0.5, 0.6) is 5.75 Å². The minimum absolute atomic E-state index is 0.439. The first-order valence-corrected chi connectivity index (χ1v) is 8.75. The van der Waals surface area contributed by atoms with Crippen LogP contribution in [0.2, 0.25) is 0 Å². The van der Waals surface area contributed by atoms with Crippen LogP contribution in [-0.4, -0.2) is 25.6 Å². The van der Waals surface area contributed by atoms with Gasteiger partial charge in [0.15, 0.2) is 0 Å². The first-order valence-electron chi connectivity index (χ1n) is 8.75. The smallest absolute Gasteiger partial charge is 0.119 e. The van der Waals surface area contributed by atoms with Crippen molar-refractivity contribution in [3.63, 3.8) is 0 Å². The van der Waals surface area contributed by atoms with Crippen molar-refractivity contribution >= 4 is 0 Å². The molecular weight excluding hydrogens is 306 g/mol. The highest BCUT2D eigenvalue weighted by atomic mass is 16.5. The van der Waals surface area contributed by atoms with Gasteiger partial charge in [0, 0.05) is 19.0 Å². The van der Waals surface area contributed by atoms with Crippen LogP contribution in [0.3, 0.4) is 0 Å². The SMILES string of the molecule is COc1cccc(-c2ccc3c(c2)CN(C)C[C@H]3c2ccccc2)c1. The highest BCUT2D eigenvalue weighted by molar-refractivity contribution is 5.67. The lowest BCUT2D eigenvalue weighted by Gasteiger charge is -2.33. The van der Waals surface area contributed by atoms with Crippen LogP contribution in [0, 0.1) is 0 Å². The Labute approximate surface area is 149 Å². The van der Waals surface area contributed by atoms with E-state index in [1.54, 1.807) is 7.11 Å². The van der Waals surface area contributed by atoms with Crippen LogP contribution in [0.1, 0.15) is 22.6 Å². The van der Waals surface area contributed by atoms with E-state index in [2.05, 4.69) is 72.6 Å². The van der Waals surface area contributed by atoms with Crippen molar-refractivity contribution in [1.29, 1.82) is 0 Å². The highest BCUT2D eigenvalue weighted by Gasteiger charge is 2.24. The van der Waals surface area contributed by atoms with Gasteiger partial charge in [-0.1, -0.05) is 54.6 Å². The predicted octanol–water partition coefficient (Wildman–Crippen LogP) is 4.94. The van der Waals surface area contributed by atoms with Gasteiger partial charge in [0.05, 0.1) is 7.11 Å². The molecule has 0 N–H and O–H groups in total. The van der Waals surface area contributed by atoms with Crippen molar-refractivity contribution in [2.45, 2.75) is 12.5 Å². The van der Waals surface area contributed by atoms with E-state index < -0.39 is 0 Å². The number of nitrogens with zero attached hydrogens (tertiary/aromatic N) is 1. The first-order chi connectivity index (χ1) is 12.2. The van der Waals surface area contributed by atoms with E-state index >= 15 is 0 Å². The molecule has 0 aromatic heterocycles. The average Bonchev–Trinajstić information content (AvgIpc) is 2.67. The number of rotatable bonds is 3. The summed E-state index contributed by atoms with van der Waals surface area (Å²) in [4.78, 5) is 2.41. The summed E-state index contributed by atoms with van der Waals surface area (Å²) in [6, 6.07) is 26.0. The second-order valence-electron chi connectivity index (χ2n) is 6.81. The van der Waals surface area contributed by atoms with Gasteiger partial charge < -0.3 is 9.64 Å². The largest absolute Gasteiger partial charge is 0.497 e. The number of hydrogen-bond acceptors (Lipinski definition) is 2. The van der Waals surface area contributed by atoms with Crippen LogP contribution in [0.4, 0.5) is 0 Å². The standard InChI is InChI=1S/C23H23NO/c1-24-15-20-13-19(18-9-6-10-21(14-18)25-2)11-12-22(20)23(16-24)17-7-4-3-5-8-17/h3-14,23H,15-16H2,1-2H3/t23-/m0/s1. The lowest BCUT2D eigenvalue weighted by atomic mass is 9.83. The first kappa shape index (κ1) is 15.9. The molecule has 0 spiro atoms. The zero-order valence-electron chi connectivity index (χ0n) is 14.8. The van der Waals surface area contributed by atoms with Crippen LogP contribution >= 0.6 is 0 Å². The van der Waals surface area contributed by atoms with E-state index in [-0.39, 0.29) is 0 Å². The molecule has 4 rings (SSSR count). The molecule has 0 bridgehead atoms. The Balaban J connectivity index is 1.75. The predicted molar refractivity (Wildman–Crippen MR) is 103 cm³/mol. The molecule has 126 valence electrons. The van der Waals surface area contributed by atoms with Gasteiger partial charge in [0.2, 0.25) is 0 Å². The maximum atomic E-state index is 5.37. The molecule has 3 aromatic carbocycles. The van der Waals surface area contributed by atoms with Crippen molar-refractivity contribution < 1.29 is 4.74 Å². The van der Waals surface area contributed by atoms with Gasteiger partial charge in [0.25, 0.3) is 0 Å². The fourth-order valence-electron chi connectivity index (χ4n) is 3.80. The van der Waals surface area contributed by atoms with Gasteiger partial charge >= 0.3 is 0 Å². The van der Waals surface area contributed by atoms with Crippen molar-refractivity contribution in [3.8, 4) is 16.9 Å². The Hall–Kier alpha value is -2.58. The van der Waals surface area contributed by atoms with E-state index in [0.717, 1.165) is 18.8 Å². The summed E-state index contributed by atoms with van der Waals surface area (Å²) >= 11 is 0. The molecule has 1 heterocycles. The maximum Gasteiger partial charge on any atom is 0.119 e. The van der Waals surface area contributed by atoms with Crippen molar-refractivity contribution in [1.82, 2.24) is 4.90 Å². The third-order valence-electron chi connectivity index (χ3n) is 5.06. The van der Waals surface area contributed by atoms with Crippen LogP contribution in [-0.2, 0) is 6.54 Å². The van der Waals surface area contributed by atoms with E-state index in [4.69, 9.17) is 4.74 Å². The van der Waals surface area contributed by atoms with E-state index in [1.165, 1.54) is 27.8 Å². The van der Waals surface area contributed by atoms with Crippen LogP contribution in [0.15, 0.2) is 72.8 Å². The highest BCUT2D eigenvalue weighted by Crippen LogP contribution is 2.35. The number of hydrogen-bond donors (Lipinski definition) is 0. The molecule has 0 aliphatic carbocycles. The lowest BCUT2D eigenvalue weighted by molar-refractivity contribution is 0.295. The molecule has 0 radical (unpaired) electrons. The summed E-state index contributed by atoms with van der Waals surface area (Å²) in [5, 5.41) is 0. The Morgan fingerprint density at radius 3 is 2.48 bits per heavy atom. The molecule has 0 fully saturated rings. The zero-order valence-corrected chi connectivity index (χ0v) is 14.8. The van der Waals surface area contributed by atoms with Crippen molar-refractivity contribution in [3.05, 3.63) is 89.5 Å². The Kier molecular flexibility index (Phi) is 4.29. The molecule has 0 amide bonds. The number of ether oxygens (including phenoxy) is 1. The van der Waals surface area contributed by atoms with Gasteiger partial charge in [0.1, 0.15) is 5.75 Å².